The van der Waals surface area contributed by atoms with Crippen molar-refractivity contribution >= 4 is 24.0 Å². The number of hydrogen-bond acceptors (Lipinski definition) is 4. The summed E-state index contributed by atoms with van der Waals surface area (Å²) in [6.07, 6.45) is 0. The minimum Gasteiger partial charge on any atom is -0.384 e. The average molecular weight is 251 g/mol. The van der Waals surface area contributed by atoms with Gasteiger partial charge in [-0.25, -0.2) is 0 Å². The molecule has 17 heavy (non-hydrogen) atoms. The van der Waals surface area contributed by atoms with Crippen LogP contribution in [0.5, 0.6) is 0 Å². The van der Waals surface area contributed by atoms with Crippen LogP contribution in [0.15, 0.2) is 24.3 Å². The lowest BCUT2D eigenvalue weighted by Crippen LogP contribution is -2.44. The molecule has 94 valence electrons. The Kier molecular flexibility index (Phi) is 4.57. The van der Waals surface area contributed by atoms with Crippen molar-refractivity contribution in [1.29, 1.82) is 0 Å². The monoisotopic (exact) mass is 251 g/mol. The lowest BCUT2D eigenvalue weighted by Gasteiger charge is -2.34. The van der Waals surface area contributed by atoms with Gasteiger partial charge in [0.2, 0.25) is 0 Å². The van der Waals surface area contributed by atoms with E-state index >= 15 is 0 Å². The van der Waals surface area contributed by atoms with Crippen LogP contribution in [-0.2, 0) is 0 Å². The van der Waals surface area contributed by atoms with Gasteiger partial charge in [0.1, 0.15) is 0 Å². The van der Waals surface area contributed by atoms with Gasteiger partial charge >= 0.3 is 0 Å². The first-order chi connectivity index (χ1) is 8.29. The van der Waals surface area contributed by atoms with Gasteiger partial charge in [-0.15, -0.1) is 0 Å². The second kappa shape index (κ2) is 6.17. The zero-order valence-corrected chi connectivity index (χ0v) is 11.3. The Morgan fingerprint density at radius 2 is 1.76 bits per heavy atom. The number of nitrogens with one attached hydrogen (secondary N) is 1. The van der Waals surface area contributed by atoms with Gasteiger partial charge in [0.15, 0.2) is 0 Å². The van der Waals surface area contributed by atoms with E-state index in [0.29, 0.717) is 0 Å². The van der Waals surface area contributed by atoms with Crippen molar-refractivity contribution in [1.82, 2.24) is 4.90 Å². The molecule has 0 radical (unpaired) electrons. The molecule has 1 saturated heterocycles. The van der Waals surface area contributed by atoms with E-state index in [0.717, 1.165) is 38.5 Å². The molecule has 1 aromatic carbocycles. The molecule has 0 aromatic heterocycles. The van der Waals surface area contributed by atoms with Crippen LogP contribution in [0.2, 0.25) is 0 Å². The van der Waals surface area contributed by atoms with Gasteiger partial charge in [0, 0.05) is 49.9 Å². The molecule has 1 N–H and O–H groups in total. The minimum absolute atomic E-state index is 0.861. The smallest absolute Gasteiger partial charge is 0.0368 e. The molecule has 1 aromatic rings. The van der Waals surface area contributed by atoms with Crippen LogP contribution in [-0.4, -0.2) is 50.4 Å². The molecular weight excluding hydrogens is 230 g/mol. The van der Waals surface area contributed by atoms with E-state index in [1.54, 1.807) is 0 Å². The van der Waals surface area contributed by atoms with Crippen molar-refractivity contribution in [3.63, 3.8) is 0 Å². The number of likely N-dealkylation sites (N-methyl/N-ethyl adjacent to an activating group) is 1. The summed E-state index contributed by atoms with van der Waals surface area (Å²) in [5.74, 6) is 0.861. The van der Waals surface area contributed by atoms with Crippen LogP contribution in [0.1, 0.15) is 0 Å². The van der Waals surface area contributed by atoms with Crippen molar-refractivity contribution in [3.05, 3.63) is 24.3 Å². The fourth-order valence-corrected chi connectivity index (χ4v) is 2.17. The van der Waals surface area contributed by atoms with E-state index in [-0.39, 0.29) is 0 Å². The Hall–Kier alpha value is -0.870. The summed E-state index contributed by atoms with van der Waals surface area (Å²) < 4.78 is 0. The van der Waals surface area contributed by atoms with E-state index in [1.807, 2.05) is 0 Å². The third-order valence-electron chi connectivity index (χ3n) is 3.18. The summed E-state index contributed by atoms with van der Waals surface area (Å²) in [7, 11) is 2.18. The van der Waals surface area contributed by atoms with E-state index < -0.39 is 0 Å². The Balaban J connectivity index is 1.93. The van der Waals surface area contributed by atoms with Crippen molar-refractivity contribution in [2.45, 2.75) is 0 Å². The molecule has 1 fully saturated rings. The second-order valence-corrected chi connectivity index (χ2v) is 4.93. The average Bonchev–Trinajstić information content (AvgIpc) is 2.38. The van der Waals surface area contributed by atoms with Gasteiger partial charge in [-0.2, -0.15) is 12.6 Å². The summed E-state index contributed by atoms with van der Waals surface area (Å²) >= 11 is 4.19. The molecule has 0 saturated carbocycles. The van der Waals surface area contributed by atoms with Gasteiger partial charge in [-0.05, 0) is 31.3 Å². The van der Waals surface area contributed by atoms with Crippen molar-refractivity contribution in [3.8, 4) is 0 Å². The largest absolute Gasteiger partial charge is 0.384 e. The van der Waals surface area contributed by atoms with Crippen LogP contribution >= 0.6 is 12.6 Å². The predicted molar refractivity (Wildman–Crippen MR) is 78.5 cm³/mol. The number of hydrogen-bond donors (Lipinski definition) is 2. The van der Waals surface area contributed by atoms with E-state index in [4.69, 9.17) is 0 Å². The maximum absolute atomic E-state index is 4.19. The van der Waals surface area contributed by atoms with E-state index in [9.17, 15) is 0 Å². The maximum Gasteiger partial charge on any atom is 0.0368 e. The quantitative estimate of drug-likeness (QED) is 0.795. The molecule has 1 aliphatic rings. The van der Waals surface area contributed by atoms with Gasteiger partial charge < -0.3 is 15.1 Å². The molecule has 0 unspecified atom stereocenters. The summed E-state index contributed by atoms with van der Waals surface area (Å²) in [6.45, 7) is 5.47. The zero-order chi connectivity index (χ0) is 12.1. The fourth-order valence-electron chi connectivity index (χ4n) is 2.05. The molecule has 3 nitrogen and oxygen atoms in total. The van der Waals surface area contributed by atoms with E-state index in [1.165, 1.54) is 11.4 Å². The summed E-state index contributed by atoms with van der Waals surface area (Å²) in [6, 6.07) is 8.70. The van der Waals surface area contributed by atoms with Crippen LogP contribution < -0.4 is 10.2 Å². The summed E-state index contributed by atoms with van der Waals surface area (Å²) in [4.78, 5) is 4.82. The third-order valence-corrected chi connectivity index (χ3v) is 3.40. The van der Waals surface area contributed by atoms with Crippen LogP contribution in [0, 0.1) is 0 Å². The molecule has 4 heteroatoms. The number of benzene rings is 1. The molecule has 0 spiro atoms. The highest BCUT2D eigenvalue weighted by Crippen LogP contribution is 2.19. The van der Waals surface area contributed by atoms with Crippen LogP contribution in [0.3, 0.4) is 0 Å². The number of thiol groups is 1. The highest BCUT2D eigenvalue weighted by Gasteiger charge is 2.13. The van der Waals surface area contributed by atoms with Crippen molar-refractivity contribution < 1.29 is 0 Å². The number of nitrogens with zero attached hydrogens (tertiary/aromatic N) is 2. The molecule has 0 amide bonds. The lowest BCUT2D eigenvalue weighted by atomic mass is 10.2. The molecule has 2 rings (SSSR count). The lowest BCUT2D eigenvalue weighted by molar-refractivity contribution is 0.313. The van der Waals surface area contributed by atoms with Gasteiger partial charge in [0.25, 0.3) is 0 Å². The summed E-state index contributed by atoms with van der Waals surface area (Å²) in [5, 5.41) is 3.33. The van der Waals surface area contributed by atoms with Gasteiger partial charge in [-0.3, -0.25) is 0 Å². The highest BCUT2D eigenvalue weighted by atomic mass is 32.1. The van der Waals surface area contributed by atoms with Crippen LogP contribution in [0.4, 0.5) is 11.4 Å². The first-order valence-electron chi connectivity index (χ1n) is 6.18. The van der Waals surface area contributed by atoms with Gasteiger partial charge in [0.05, 0.1) is 0 Å². The predicted octanol–water partition coefficient (Wildman–Crippen LogP) is 1.78. The number of piperazine rings is 1. The molecule has 1 heterocycles. The Morgan fingerprint density at radius 3 is 2.35 bits per heavy atom. The second-order valence-electron chi connectivity index (χ2n) is 4.49. The first-order valence-corrected chi connectivity index (χ1v) is 6.81. The number of anilines is 2. The molecule has 1 aliphatic heterocycles. The van der Waals surface area contributed by atoms with Crippen LogP contribution in [0.25, 0.3) is 0 Å². The topological polar surface area (TPSA) is 18.5 Å². The van der Waals surface area contributed by atoms with Gasteiger partial charge in [-0.1, -0.05) is 0 Å². The fraction of sp³-hybridized carbons (Fsp3) is 0.538. The zero-order valence-electron chi connectivity index (χ0n) is 10.4. The maximum atomic E-state index is 4.19. The summed E-state index contributed by atoms with van der Waals surface area (Å²) in [5.41, 5.74) is 2.51. The first kappa shape index (κ1) is 12.6. The SMILES string of the molecule is CN1CCN(c2ccc(NCCS)cc2)CC1. The molecular formula is C13H21N3S. The van der Waals surface area contributed by atoms with E-state index in [2.05, 4.69) is 59.1 Å². The Morgan fingerprint density at radius 1 is 1.12 bits per heavy atom. The molecule has 0 aliphatic carbocycles. The highest BCUT2D eigenvalue weighted by molar-refractivity contribution is 7.80. The third kappa shape index (κ3) is 3.54. The molecule has 0 atom stereocenters. The van der Waals surface area contributed by atoms with Crippen molar-refractivity contribution in [2.24, 2.45) is 0 Å². The Labute approximate surface area is 109 Å². The Bertz CT molecular complexity index is 331. The normalized spacial score (nSPS) is 17.2. The number of rotatable bonds is 4. The molecule has 0 bridgehead atoms. The van der Waals surface area contributed by atoms with Crippen molar-refractivity contribution in [2.75, 3.05) is 55.7 Å². The minimum atomic E-state index is 0.861. The standard InChI is InChI=1S/C13H21N3S/c1-15-7-9-16(10-8-15)13-4-2-12(3-5-13)14-6-11-17/h2-5,14,17H,6-11H2,1H3.